The summed E-state index contributed by atoms with van der Waals surface area (Å²) in [5.74, 6) is -1.56. The van der Waals surface area contributed by atoms with E-state index in [0.29, 0.717) is 5.69 Å². The summed E-state index contributed by atoms with van der Waals surface area (Å²) in [6, 6.07) is 16.3. The van der Waals surface area contributed by atoms with Gasteiger partial charge in [-0.15, -0.1) is 11.8 Å². The number of nitrogens with zero attached hydrogens (tertiary/aromatic N) is 1. The van der Waals surface area contributed by atoms with Gasteiger partial charge in [-0.25, -0.2) is 8.78 Å². The summed E-state index contributed by atoms with van der Waals surface area (Å²) in [4.78, 5) is 16.5. The van der Waals surface area contributed by atoms with Crippen LogP contribution in [0.1, 0.15) is 11.3 Å². The molecule has 0 aliphatic carbocycles. The second-order valence-corrected chi connectivity index (χ2v) is 6.64. The number of hydrogen-bond acceptors (Lipinski definition) is 3. The Morgan fingerprint density at radius 1 is 1.04 bits per heavy atom. The molecular formula is C21H16F2N2OS. The molecule has 0 atom stereocenters. The molecule has 2 aromatic carbocycles. The molecule has 0 aliphatic rings. The first kappa shape index (κ1) is 18.8. The molecule has 136 valence electrons. The van der Waals surface area contributed by atoms with E-state index in [1.165, 1.54) is 12.1 Å². The molecule has 1 amide bonds. The number of hydrogen-bond donors (Lipinski definition) is 1. The summed E-state index contributed by atoms with van der Waals surface area (Å²) in [5.41, 5.74) is 2.39. The second kappa shape index (κ2) is 9.09. The topological polar surface area (TPSA) is 42.0 Å². The summed E-state index contributed by atoms with van der Waals surface area (Å²) >= 11 is 1.02. The first-order valence-electron chi connectivity index (χ1n) is 8.17. The number of amides is 1. The molecule has 0 bridgehead atoms. The summed E-state index contributed by atoms with van der Waals surface area (Å²) < 4.78 is 26.5. The number of anilines is 1. The molecule has 0 saturated carbocycles. The van der Waals surface area contributed by atoms with E-state index in [0.717, 1.165) is 29.1 Å². The monoisotopic (exact) mass is 382 g/mol. The molecule has 1 N–H and O–H groups in total. The molecule has 3 nitrogen and oxygen atoms in total. The molecule has 0 fully saturated rings. The number of benzene rings is 2. The molecule has 0 radical (unpaired) electrons. The maximum absolute atomic E-state index is 13.6. The fraction of sp³-hybridized carbons (Fsp3) is 0.0476. The molecule has 3 aromatic rings. The van der Waals surface area contributed by atoms with Crippen LogP contribution in [0.4, 0.5) is 14.5 Å². The lowest BCUT2D eigenvalue weighted by molar-refractivity contribution is -0.113. The van der Waals surface area contributed by atoms with Gasteiger partial charge in [-0.1, -0.05) is 24.3 Å². The number of carbonyl (C=O) groups excluding carboxylic acids is 1. The molecule has 0 saturated heterocycles. The zero-order valence-electron chi connectivity index (χ0n) is 14.2. The fourth-order valence-corrected chi connectivity index (χ4v) is 3.03. The second-order valence-electron chi connectivity index (χ2n) is 5.62. The summed E-state index contributed by atoms with van der Waals surface area (Å²) in [7, 11) is 0. The third-order valence-electron chi connectivity index (χ3n) is 3.56. The van der Waals surface area contributed by atoms with Crippen LogP contribution >= 0.6 is 11.8 Å². The van der Waals surface area contributed by atoms with Crippen molar-refractivity contribution in [2.75, 3.05) is 11.1 Å². The van der Waals surface area contributed by atoms with E-state index in [4.69, 9.17) is 0 Å². The third-order valence-corrected chi connectivity index (χ3v) is 4.61. The highest BCUT2D eigenvalue weighted by molar-refractivity contribution is 8.00. The summed E-state index contributed by atoms with van der Waals surface area (Å²) in [5, 5.41) is 2.78. The first-order valence-corrected chi connectivity index (χ1v) is 9.15. The first-order chi connectivity index (χ1) is 13.1. The quantitative estimate of drug-likeness (QED) is 0.591. The largest absolute Gasteiger partial charge is 0.325 e. The zero-order chi connectivity index (χ0) is 19.1. The summed E-state index contributed by atoms with van der Waals surface area (Å²) in [6.45, 7) is 0. The van der Waals surface area contributed by atoms with Crippen LogP contribution in [0.25, 0.3) is 12.2 Å². The van der Waals surface area contributed by atoms with Gasteiger partial charge in [0.2, 0.25) is 5.91 Å². The van der Waals surface area contributed by atoms with Crippen LogP contribution in [-0.4, -0.2) is 16.6 Å². The van der Waals surface area contributed by atoms with Crippen molar-refractivity contribution < 1.29 is 13.6 Å². The standard InChI is InChI=1S/C21H16F2N2OS/c22-16-8-10-20(19(23)13-16)27-14-21(26)25-18-6-3-4-15(12-18)7-9-17-5-1-2-11-24-17/h1-13H,14H2,(H,25,26)/b9-7+. The van der Waals surface area contributed by atoms with Gasteiger partial charge >= 0.3 is 0 Å². The number of halogens is 2. The lowest BCUT2D eigenvalue weighted by atomic mass is 10.1. The van der Waals surface area contributed by atoms with Crippen LogP contribution in [0.5, 0.6) is 0 Å². The van der Waals surface area contributed by atoms with E-state index in [-0.39, 0.29) is 16.6 Å². The smallest absolute Gasteiger partial charge is 0.234 e. The van der Waals surface area contributed by atoms with Gasteiger partial charge in [0, 0.05) is 22.8 Å². The van der Waals surface area contributed by atoms with Crippen molar-refractivity contribution >= 4 is 35.5 Å². The van der Waals surface area contributed by atoms with Crippen LogP contribution in [0.2, 0.25) is 0 Å². The number of pyridine rings is 1. The van der Waals surface area contributed by atoms with Crippen LogP contribution in [-0.2, 0) is 4.79 Å². The number of thioether (sulfide) groups is 1. The zero-order valence-corrected chi connectivity index (χ0v) is 15.0. The van der Waals surface area contributed by atoms with Crippen LogP contribution in [0.15, 0.2) is 71.8 Å². The molecule has 0 aliphatic heterocycles. The van der Waals surface area contributed by atoms with E-state index in [1.54, 1.807) is 12.3 Å². The Bertz CT molecular complexity index is 961. The third kappa shape index (κ3) is 5.76. The molecule has 1 aromatic heterocycles. The Balaban J connectivity index is 1.58. The number of carbonyl (C=O) groups is 1. The Morgan fingerprint density at radius 3 is 2.70 bits per heavy atom. The van der Waals surface area contributed by atoms with Gasteiger partial charge in [-0.2, -0.15) is 0 Å². The van der Waals surface area contributed by atoms with Crippen molar-refractivity contribution in [1.29, 1.82) is 0 Å². The molecule has 0 unspecified atom stereocenters. The van der Waals surface area contributed by atoms with Crippen molar-refractivity contribution in [3.05, 3.63) is 89.8 Å². The van der Waals surface area contributed by atoms with Gasteiger partial charge in [0.25, 0.3) is 0 Å². The van der Waals surface area contributed by atoms with E-state index in [1.807, 2.05) is 48.6 Å². The normalized spacial score (nSPS) is 10.9. The van der Waals surface area contributed by atoms with Crippen LogP contribution in [0, 0.1) is 11.6 Å². The van der Waals surface area contributed by atoms with E-state index < -0.39 is 11.6 Å². The highest BCUT2D eigenvalue weighted by Gasteiger charge is 2.08. The van der Waals surface area contributed by atoms with Crippen molar-refractivity contribution in [3.8, 4) is 0 Å². The van der Waals surface area contributed by atoms with Crippen molar-refractivity contribution in [1.82, 2.24) is 4.98 Å². The van der Waals surface area contributed by atoms with Crippen molar-refractivity contribution in [2.45, 2.75) is 4.90 Å². The number of nitrogens with one attached hydrogen (secondary N) is 1. The Labute approximate surface area is 160 Å². The summed E-state index contributed by atoms with van der Waals surface area (Å²) in [6.07, 6.45) is 5.51. The SMILES string of the molecule is O=C(CSc1ccc(F)cc1F)Nc1cccc(/C=C/c2ccccn2)c1. The minimum absolute atomic E-state index is 0.0244. The Kier molecular flexibility index (Phi) is 6.33. The molecule has 1 heterocycles. The molecule has 6 heteroatoms. The van der Waals surface area contributed by atoms with Gasteiger partial charge in [-0.05, 0) is 48.0 Å². The minimum Gasteiger partial charge on any atom is -0.325 e. The maximum Gasteiger partial charge on any atom is 0.234 e. The Morgan fingerprint density at radius 2 is 1.93 bits per heavy atom. The molecule has 3 rings (SSSR count). The van der Waals surface area contributed by atoms with Crippen LogP contribution < -0.4 is 5.32 Å². The average Bonchev–Trinajstić information content (AvgIpc) is 2.67. The predicted octanol–water partition coefficient (Wildman–Crippen LogP) is 5.26. The number of aromatic nitrogens is 1. The Hall–Kier alpha value is -2.99. The molecule has 27 heavy (non-hydrogen) atoms. The van der Waals surface area contributed by atoms with Gasteiger partial charge in [0.1, 0.15) is 11.6 Å². The minimum atomic E-state index is -0.672. The average molecular weight is 382 g/mol. The van der Waals surface area contributed by atoms with Gasteiger partial charge in [0.05, 0.1) is 11.4 Å². The molecular weight excluding hydrogens is 366 g/mol. The maximum atomic E-state index is 13.6. The predicted molar refractivity (Wildman–Crippen MR) is 105 cm³/mol. The van der Waals surface area contributed by atoms with E-state index in [9.17, 15) is 13.6 Å². The van der Waals surface area contributed by atoms with Crippen LogP contribution in [0.3, 0.4) is 0 Å². The van der Waals surface area contributed by atoms with Crippen molar-refractivity contribution in [2.24, 2.45) is 0 Å². The van der Waals surface area contributed by atoms with Gasteiger partial charge in [0.15, 0.2) is 0 Å². The number of rotatable bonds is 6. The van der Waals surface area contributed by atoms with Gasteiger partial charge < -0.3 is 5.32 Å². The fourth-order valence-electron chi connectivity index (χ4n) is 2.31. The lowest BCUT2D eigenvalue weighted by Crippen LogP contribution is -2.14. The van der Waals surface area contributed by atoms with Gasteiger partial charge in [-0.3, -0.25) is 9.78 Å². The highest BCUT2D eigenvalue weighted by atomic mass is 32.2. The lowest BCUT2D eigenvalue weighted by Gasteiger charge is -2.07. The highest BCUT2D eigenvalue weighted by Crippen LogP contribution is 2.22. The van der Waals surface area contributed by atoms with E-state index in [2.05, 4.69) is 10.3 Å². The van der Waals surface area contributed by atoms with E-state index >= 15 is 0 Å². The molecule has 0 spiro atoms. The van der Waals surface area contributed by atoms with Crippen molar-refractivity contribution in [3.63, 3.8) is 0 Å².